The molecule has 0 radical (unpaired) electrons. The molecule has 0 N–H and O–H groups in total. The minimum absolute atomic E-state index is 0.109. The van der Waals surface area contributed by atoms with E-state index in [4.69, 9.17) is 4.74 Å². The standard InChI is InChI=1S/C14H11BrFNO3/c1-9(10-2-5-12(16)6-3-10)20-14-8-11(15)4-7-13(14)17(18)19/h2-9H,1H3/t9-/m0/s1. The van der Waals surface area contributed by atoms with Crippen LogP contribution < -0.4 is 4.74 Å². The minimum atomic E-state index is -0.501. The molecule has 104 valence electrons. The summed E-state index contributed by atoms with van der Waals surface area (Å²) >= 11 is 3.25. The van der Waals surface area contributed by atoms with E-state index < -0.39 is 11.0 Å². The summed E-state index contributed by atoms with van der Waals surface area (Å²) in [5.41, 5.74) is 0.628. The van der Waals surface area contributed by atoms with Gasteiger partial charge in [0.05, 0.1) is 4.92 Å². The van der Waals surface area contributed by atoms with Crippen LogP contribution in [-0.4, -0.2) is 4.92 Å². The zero-order chi connectivity index (χ0) is 14.7. The second kappa shape index (κ2) is 6.00. The molecule has 1 atom stereocenters. The largest absolute Gasteiger partial charge is 0.479 e. The van der Waals surface area contributed by atoms with Gasteiger partial charge < -0.3 is 4.74 Å². The van der Waals surface area contributed by atoms with E-state index in [9.17, 15) is 14.5 Å². The SMILES string of the molecule is C[C@H](Oc1cc(Br)ccc1[N+](=O)[O-])c1ccc(F)cc1. The van der Waals surface area contributed by atoms with Crippen LogP contribution in [0.15, 0.2) is 46.9 Å². The van der Waals surface area contributed by atoms with Gasteiger partial charge in [0.15, 0.2) is 5.75 Å². The number of hydrogen-bond acceptors (Lipinski definition) is 3. The van der Waals surface area contributed by atoms with E-state index in [-0.39, 0.29) is 17.3 Å². The van der Waals surface area contributed by atoms with Crippen LogP contribution >= 0.6 is 15.9 Å². The van der Waals surface area contributed by atoms with Gasteiger partial charge in [-0.3, -0.25) is 10.1 Å². The van der Waals surface area contributed by atoms with Crippen molar-refractivity contribution in [1.82, 2.24) is 0 Å². The molecule has 0 fully saturated rings. The van der Waals surface area contributed by atoms with Gasteiger partial charge >= 0.3 is 5.69 Å². The Bertz CT molecular complexity index is 631. The Hall–Kier alpha value is -1.95. The van der Waals surface area contributed by atoms with E-state index in [0.29, 0.717) is 4.47 Å². The first-order valence-electron chi connectivity index (χ1n) is 5.83. The molecule has 0 spiro atoms. The lowest BCUT2D eigenvalue weighted by atomic mass is 10.1. The molecule has 0 unspecified atom stereocenters. The normalized spacial score (nSPS) is 11.9. The Kier molecular flexibility index (Phi) is 4.34. The quantitative estimate of drug-likeness (QED) is 0.602. The molecule has 20 heavy (non-hydrogen) atoms. The molecular formula is C14H11BrFNO3. The summed E-state index contributed by atoms with van der Waals surface area (Å²) < 4.78 is 19.2. The molecule has 2 aromatic carbocycles. The van der Waals surface area contributed by atoms with Crippen molar-refractivity contribution in [2.45, 2.75) is 13.0 Å². The van der Waals surface area contributed by atoms with Crippen molar-refractivity contribution in [2.75, 3.05) is 0 Å². The van der Waals surface area contributed by atoms with Crippen molar-refractivity contribution in [3.8, 4) is 5.75 Å². The van der Waals surface area contributed by atoms with Crippen molar-refractivity contribution in [1.29, 1.82) is 0 Å². The number of ether oxygens (including phenoxy) is 1. The zero-order valence-electron chi connectivity index (χ0n) is 10.5. The van der Waals surface area contributed by atoms with Gasteiger partial charge in [-0.2, -0.15) is 0 Å². The molecule has 0 saturated heterocycles. The van der Waals surface area contributed by atoms with Crippen molar-refractivity contribution in [3.63, 3.8) is 0 Å². The Labute approximate surface area is 123 Å². The second-order valence-corrected chi connectivity index (χ2v) is 5.10. The molecule has 0 heterocycles. The van der Waals surface area contributed by atoms with Crippen molar-refractivity contribution in [3.05, 3.63) is 68.4 Å². The maximum absolute atomic E-state index is 12.9. The van der Waals surface area contributed by atoms with Crippen LogP contribution in [0.4, 0.5) is 10.1 Å². The Morgan fingerprint density at radius 3 is 2.50 bits per heavy atom. The first-order valence-corrected chi connectivity index (χ1v) is 6.62. The fourth-order valence-corrected chi connectivity index (χ4v) is 2.07. The van der Waals surface area contributed by atoms with Gasteiger partial charge in [-0.1, -0.05) is 28.1 Å². The summed E-state index contributed by atoms with van der Waals surface area (Å²) in [6.07, 6.45) is -0.427. The summed E-state index contributed by atoms with van der Waals surface area (Å²) in [7, 11) is 0. The Balaban J connectivity index is 2.27. The van der Waals surface area contributed by atoms with Gasteiger partial charge in [-0.15, -0.1) is 0 Å². The van der Waals surface area contributed by atoms with Gasteiger partial charge in [-0.05, 0) is 30.7 Å². The van der Waals surface area contributed by atoms with E-state index >= 15 is 0 Å². The summed E-state index contributed by atoms with van der Waals surface area (Å²) in [5, 5.41) is 11.0. The molecule has 2 rings (SSSR count). The molecule has 6 heteroatoms. The molecule has 0 aliphatic rings. The summed E-state index contributed by atoms with van der Waals surface area (Å²) in [6.45, 7) is 1.75. The number of rotatable bonds is 4. The minimum Gasteiger partial charge on any atom is -0.479 e. The van der Waals surface area contributed by atoms with Crippen molar-refractivity contribution >= 4 is 21.6 Å². The first-order chi connectivity index (χ1) is 9.47. The van der Waals surface area contributed by atoms with Crippen LogP contribution in [-0.2, 0) is 0 Å². The molecule has 2 aromatic rings. The number of nitrogens with zero attached hydrogens (tertiary/aromatic N) is 1. The van der Waals surface area contributed by atoms with Crippen LogP contribution in [0.1, 0.15) is 18.6 Å². The number of hydrogen-bond donors (Lipinski definition) is 0. The van der Waals surface area contributed by atoms with Crippen LogP contribution in [0.5, 0.6) is 5.75 Å². The molecule has 0 saturated carbocycles. The lowest BCUT2D eigenvalue weighted by molar-refractivity contribution is -0.386. The highest BCUT2D eigenvalue weighted by molar-refractivity contribution is 9.10. The van der Waals surface area contributed by atoms with E-state index in [2.05, 4.69) is 15.9 Å². The smallest absolute Gasteiger partial charge is 0.311 e. The van der Waals surface area contributed by atoms with E-state index in [1.54, 1.807) is 25.1 Å². The third kappa shape index (κ3) is 3.33. The van der Waals surface area contributed by atoms with E-state index in [1.165, 1.54) is 24.3 Å². The van der Waals surface area contributed by atoms with Crippen LogP contribution in [0.2, 0.25) is 0 Å². The molecule has 4 nitrogen and oxygen atoms in total. The Morgan fingerprint density at radius 2 is 1.90 bits per heavy atom. The third-order valence-corrected chi connectivity index (χ3v) is 3.25. The van der Waals surface area contributed by atoms with E-state index in [1.807, 2.05) is 0 Å². The van der Waals surface area contributed by atoms with Crippen molar-refractivity contribution in [2.24, 2.45) is 0 Å². The van der Waals surface area contributed by atoms with Crippen LogP contribution in [0, 0.1) is 15.9 Å². The van der Waals surface area contributed by atoms with Crippen molar-refractivity contribution < 1.29 is 14.1 Å². The van der Waals surface area contributed by atoms with Gasteiger partial charge in [0.2, 0.25) is 0 Å². The maximum Gasteiger partial charge on any atom is 0.311 e. The fraction of sp³-hybridized carbons (Fsp3) is 0.143. The summed E-state index contributed by atoms with van der Waals surface area (Å²) in [5.74, 6) is -0.171. The number of benzene rings is 2. The molecule has 0 aromatic heterocycles. The second-order valence-electron chi connectivity index (χ2n) is 4.18. The average molecular weight is 340 g/mol. The number of halogens is 2. The lowest BCUT2D eigenvalue weighted by Crippen LogP contribution is -2.05. The van der Waals surface area contributed by atoms with E-state index in [0.717, 1.165) is 5.56 Å². The first kappa shape index (κ1) is 14.5. The highest BCUT2D eigenvalue weighted by atomic mass is 79.9. The Morgan fingerprint density at radius 1 is 1.25 bits per heavy atom. The van der Waals surface area contributed by atoms with Gasteiger partial charge in [0.1, 0.15) is 11.9 Å². The van der Waals surface area contributed by atoms with Gasteiger partial charge in [0, 0.05) is 16.6 Å². The third-order valence-electron chi connectivity index (χ3n) is 2.76. The number of nitro benzene ring substituents is 1. The predicted molar refractivity (Wildman–Crippen MR) is 76.2 cm³/mol. The fourth-order valence-electron chi connectivity index (χ4n) is 1.73. The van der Waals surface area contributed by atoms with Crippen LogP contribution in [0.3, 0.4) is 0 Å². The molecule has 0 amide bonds. The number of nitro groups is 1. The maximum atomic E-state index is 12.9. The monoisotopic (exact) mass is 339 g/mol. The predicted octanol–water partition coefficient (Wildman–Crippen LogP) is 4.64. The van der Waals surface area contributed by atoms with Gasteiger partial charge in [-0.25, -0.2) is 4.39 Å². The van der Waals surface area contributed by atoms with Gasteiger partial charge in [0.25, 0.3) is 0 Å². The average Bonchev–Trinajstić information content (AvgIpc) is 2.39. The molecular weight excluding hydrogens is 329 g/mol. The topological polar surface area (TPSA) is 52.4 Å². The molecule has 0 aliphatic carbocycles. The molecule has 0 aliphatic heterocycles. The summed E-state index contributed by atoms with van der Waals surface area (Å²) in [6, 6.07) is 10.3. The lowest BCUT2D eigenvalue weighted by Gasteiger charge is -2.15. The summed E-state index contributed by atoms with van der Waals surface area (Å²) in [4.78, 5) is 10.5. The van der Waals surface area contributed by atoms with Crippen LogP contribution in [0.25, 0.3) is 0 Å². The molecule has 0 bridgehead atoms. The highest BCUT2D eigenvalue weighted by Gasteiger charge is 2.18. The highest BCUT2D eigenvalue weighted by Crippen LogP contribution is 2.33. The zero-order valence-corrected chi connectivity index (χ0v) is 12.1.